The van der Waals surface area contributed by atoms with E-state index in [1.54, 1.807) is 24.3 Å². The number of hydrogen-bond donors (Lipinski definition) is 1. The lowest BCUT2D eigenvalue weighted by molar-refractivity contribution is -0.123. The maximum absolute atomic E-state index is 13.2. The molecule has 0 aromatic heterocycles. The molecule has 176 valence electrons. The molecule has 0 bridgehead atoms. The summed E-state index contributed by atoms with van der Waals surface area (Å²) in [5.41, 5.74) is 2.16. The molecule has 1 N–H and O–H groups in total. The number of ether oxygens (including phenoxy) is 1. The number of thioether (sulfide) groups is 1. The Morgan fingerprint density at radius 1 is 1.15 bits per heavy atom. The van der Waals surface area contributed by atoms with E-state index in [-0.39, 0.29) is 42.3 Å². The Morgan fingerprint density at radius 3 is 2.55 bits per heavy atom. The van der Waals surface area contributed by atoms with Crippen molar-refractivity contribution in [2.24, 2.45) is 5.92 Å². The fraction of sp³-hybridized carbons (Fsp3) is 0.391. The molecule has 0 radical (unpaired) electrons. The summed E-state index contributed by atoms with van der Waals surface area (Å²) < 4.78 is 33.0. The van der Waals surface area contributed by atoms with Crippen molar-refractivity contribution in [3.63, 3.8) is 0 Å². The molecule has 2 aliphatic heterocycles. The van der Waals surface area contributed by atoms with Gasteiger partial charge in [0.1, 0.15) is 6.54 Å². The third-order valence-corrected chi connectivity index (χ3v) is 8.86. The van der Waals surface area contributed by atoms with Gasteiger partial charge in [-0.1, -0.05) is 24.6 Å². The Balaban J connectivity index is 1.64. The number of carbonyl (C=O) groups is 2. The number of hydrogen-bond acceptors (Lipinski definition) is 6. The van der Waals surface area contributed by atoms with Gasteiger partial charge in [0.25, 0.3) is 0 Å². The molecule has 33 heavy (non-hydrogen) atoms. The zero-order valence-electron chi connectivity index (χ0n) is 18.6. The second-order valence-electron chi connectivity index (χ2n) is 8.20. The highest BCUT2D eigenvalue weighted by molar-refractivity contribution is 7.99. The SMILES string of the molecule is Cc1ccc(NC(=O)CN2C(=O)[C@H](C)CSc3ccc(S(=O)(=O)N4CCOCC4)cc32)cc1. The zero-order chi connectivity index (χ0) is 23.6. The van der Waals surface area contributed by atoms with Gasteiger partial charge in [0.05, 0.1) is 23.8 Å². The van der Waals surface area contributed by atoms with Crippen molar-refractivity contribution in [3.8, 4) is 0 Å². The molecule has 0 unspecified atom stereocenters. The van der Waals surface area contributed by atoms with Crippen LogP contribution >= 0.6 is 11.8 Å². The van der Waals surface area contributed by atoms with Crippen molar-refractivity contribution < 1.29 is 22.7 Å². The lowest BCUT2D eigenvalue weighted by Crippen LogP contribution is -2.42. The van der Waals surface area contributed by atoms with Crippen LogP contribution in [0.3, 0.4) is 0 Å². The lowest BCUT2D eigenvalue weighted by atomic mass is 10.1. The molecule has 2 aliphatic rings. The number of sulfonamides is 1. The molecule has 0 aliphatic carbocycles. The first-order valence-corrected chi connectivity index (χ1v) is 13.2. The summed E-state index contributed by atoms with van der Waals surface area (Å²) in [5, 5.41) is 2.82. The van der Waals surface area contributed by atoms with Gasteiger partial charge in [0.2, 0.25) is 21.8 Å². The number of morpholine rings is 1. The van der Waals surface area contributed by atoms with Crippen LogP contribution in [-0.4, -0.2) is 63.1 Å². The van der Waals surface area contributed by atoms with Crippen molar-refractivity contribution in [3.05, 3.63) is 48.0 Å². The Labute approximate surface area is 198 Å². The predicted octanol–water partition coefficient (Wildman–Crippen LogP) is 2.73. The van der Waals surface area contributed by atoms with Crippen LogP contribution in [0.5, 0.6) is 0 Å². The molecule has 1 atom stereocenters. The van der Waals surface area contributed by atoms with Crippen LogP contribution in [0.1, 0.15) is 12.5 Å². The van der Waals surface area contributed by atoms with Gasteiger partial charge in [0.15, 0.2) is 0 Å². The zero-order valence-corrected chi connectivity index (χ0v) is 20.2. The normalized spacial score (nSPS) is 19.6. The smallest absolute Gasteiger partial charge is 0.244 e. The molecular weight excluding hydrogens is 462 g/mol. The summed E-state index contributed by atoms with van der Waals surface area (Å²) in [6.07, 6.45) is 0. The van der Waals surface area contributed by atoms with Crippen LogP contribution in [0.2, 0.25) is 0 Å². The fourth-order valence-electron chi connectivity index (χ4n) is 3.74. The first-order chi connectivity index (χ1) is 15.8. The number of rotatable bonds is 5. The van der Waals surface area contributed by atoms with Crippen LogP contribution in [-0.2, 0) is 24.3 Å². The van der Waals surface area contributed by atoms with Gasteiger partial charge < -0.3 is 15.0 Å². The van der Waals surface area contributed by atoms with Crippen LogP contribution in [0, 0.1) is 12.8 Å². The number of amides is 2. The number of aryl methyl sites for hydroxylation is 1. The first-order valence-electron chi connectivity index (χ1n) is 10.8. The number of fused-ring (bicyclic) bond motifs is 1. The molecule has 1 saturated heterocycles. The molecular formula is C23H27N3O5S2. The maximum Gasteiger partial charge on any atom is 0.244 e. The highest BCUT2D eigenvalue weighted by Crippen LogP contribution is 2.38. The lowest BCUT2D eigenvalue weighted by Gasteiger charge is -2.27. The van der Waals surface area contributed by atoms with Crippen molar-refractivity contribution in [2.45, 2.75) is 23.6 Å². The highest BCUT2D eigenvalue weighted by atomic mass is 32.2. The van der Waals surface area contributed by atoms with Crippen molar-refractivity contribution in [2.75, 3.05) is 48.8 Å². The third-order valence-electron chi connectivity index (χ3n) is 5.64. The average Bonchev–Trinajstić information content (AvgIpc) is 2.93. The van der Waals surface area contributed by atoms with E-state index in [4.69, 9.17) is 4.74 Å². The van der Waals surface area contributed by atoms with E-state index in [1.807, 2.05) is 26.0 Å². The van der Waals surface area contributed by atoms with Gasteiger partial charge in [-0.15, -0.1) is 11.8 Å². The molecule has 1 fully saturated rings. The second kappa shape index (κ2) is 9.84. The molecule has 2 aromatic carbocycles. The summed E-state index contributed by atoms with van der Waals surface area (Å²) in [6, 6.07) is 12.2. The predicted molar refractivity (Wildman–Crippen MR) is 128 cm³/mol. The minimum Gasteiger partial charge on any atom is -0.379 e. The van der Waals surface area contributed by atoms with Crippen molar-refractivity contribution in [1.29, 1.82) is 0 Å². The van der Waals surface area contributed by atoms with Gasteiger partial charge >= 0.3 is 0 Å². The van der Waals surface area contributed by atoms with E-state index < -0.39 is 10.0 Å². The highest BCUT2D eigenvalue weighted by Gasteiger charge is 2.32. The topological polar surface area (TPSA) is 96.0 Å². The van der Waals surface area contributed by atoms with Gasteiger partial charge in [-0.3, -0.25) is 9.59 Å². The van der Waals surface area contributed by atoms with E-state index in [0.29, 0.717) is 30.3 Å². The Kier molecular flexibility index (Phi) is 7.08. The Bertz CT molecular complexity index is 1150. The standard InChI is InChI=1S/C23H27N3O5S2/c1-16-3-5-18(6-4-16)24-22(27)14-26-20-13-19(33(29,30)25-9-11-31-12-10-25)7-8-21(20)32-15-17(2)23(26)28/h3-8,13,17H,9-12,14-15H2,1-2H3,(H,24,27)/t17-/m1/s1. The average molecular weight is 490 g/mol. The summed E-state index contributed by atoms with van der Waals surface area (Å²) in [7, 11) is -3.74. The van der Waals surface area contributed by atoms with Gasteiger partial charge in [-0.25, -0.2) is 8.42 Å². The Morgan fingerprint density at radius 2 is 1.85 bits per heavy atom. The summed E-state index contributed by atoms with van der Waals surface area (Å²) in [4.78, 5) is 28.3. The number of nitrogens with zero attached hydrogens (tertiary/aromatic N) is 2. The molecule has 4 rings (SSSR count). The van der Waals surface area contributed by atoms with Gasteiger partial charge in [-0.2, -0.15) is 4.31 Å². The largest absolute Gasteiger partial charge is 0.379 e. The molecule has 8 nitrogen and oxygen atoms in total. The van der Waals surface area contributed by atoms with E-state index in [0.717, 1.165) is 10.5 Å². The summed E-state index contributed by atoms with van der Waals surface area (Å²) in [6.45, 7) is 4.84. The Hall–Kier alpha value is -2.40. The van der Waals surface area contributed by atoms with E-state index in [2.05, 4.69) is 5.32 Å². The van der Waals surface area contributed by atoms with Crippen molar-refractivity contribution >= 4 is 45.0 Å². The van der Waals surface area contributed by atoms with Gasteiger partial charge in [0, 0.05) is 35.3 Å². The molecule has 10 heteroatoms. The second-order valence-corrected chi connectivity index (χ2v) is 11.2. The molecule has 2 amide bonds. The maximum atomic E-state index is 13.2. The van der Waals surface area contributed by atoms with Crippen molar-refractivity contribution in [1.82, 2.24) is 4.31 Å². The number of benzene rings is 2. The summed E-state index contributed by atoms with van der Waals surface area (Å²) in [5.74, 6) is -0.314. The molecule has 0 spiro atoms. The molecule has 0 saturated carbocycles. The van der Waals surface area contributed by atoms with Crippen LogP contribution in [0.25, 0.3) is 0 Å². The first kappa shape index (κ1) is 23.7. The summed E-state index contributed by atoms with van der Waals surface area (Å²) >= 11 is 1.49. The molecule has 2 aromatic rings. The molecule has 2 heterocycles. The quantitative estimate of drug-likeness (QED) is 0.694. The number of carbonyl (C=O) groups excluding carboxylic acids is 2. The minimum absolute atomic E-state index is 0.107. The minimum atomic E-state index is -3.74. The van der Waals surface area contributed by atoms with Crippen LogP contribution in [0.4, 0.5) is 11.4 Å². The fourth-order valence-corrected chi connectivity index (χ4v) is 6.22. The van der Waals surface area contributed by atoms with E-state index in [1.165, 1.54) is 27.0 Å². The van der Waals surface area contributed by atoms with E-state index >= 15 is 0 Å². The van der Waals surface area contributed by atoms with Gasteiger partial charge in [-0.05, 0) is 37.3 Å². The van der Waals surface area contributed by atoms with E-state index in [9.17, 15) is 18.0 Å². The number of anilines is 2. The van der Waals surface area contributed by atoms with Crippen LogP contribution in [0.15, 0.2) is 52.3 Å². The monoisotopic (exact) mass is 489 g/mol. The van der Waals surface area contributed by atoms with Crippen LogP contribution < -0.4 is 10.2 Å². The third kappa shape index (κ3) is 5.24. The number of nitrogens with one attached hydrogen (secondary N) is 1.